The van der Waals surface area contributed by atoms with Crippen LogP contribution in [0.1, 0.15) is 290 Å². The van der Waals surface area contributed by atoms with E-state index in [1.807, 2.05) is 6.08 Å². The van der Waals surface area contributed by atoms with Gasteiger partial charge in [0.25, 0.3) is 5.79 Å². The van der Waals surface area contributed by atoms with E-state index in [2.05, 4.69) is 48.8 Å². The molecule has 2 amide bonds. The minimum atomic E-state index is -3.08. The van der Waals surface area contributed by atoms with Gasteiger partial charge >= 0.3 is 5.97 Å². The summed E-state index contributed by atoms with van der Waals surface area (Å²) in [5.74, 6) is -6.14. The first-order valence-electron chi connectivity index (χ1n) is 38.9. The highest BCUT2D eigenvalue weighted by Crippen LogP contribution is 2.39. The van der Waals surface area contributed by atoms with Gasteiger partial charge < -0.3 is 100 Å². The van der Waals surface area contributed by atoms with E-state index in [9.17, 15) is 75.7 Å². The number of allylic oxidation sites excluding steroid dienone is 5. The van der Waals surface area contributed by atoms with Crippen molar-refractivity contribution in [3.63, 3.8) is 0 Å². The van der Waals surface area contributed by atoms with Crippen LogP contribution in [0.2, 0.25) is 0 Å². The molecule has 0 saturated carbocycles. The van der Waals surface area contributed by atoms with Crippen LogP contribution in [-0.4, -0.2) is 215 Å². The lowest BCUT2D eigenvalue weighted by Crippen LogP contribution is -2.70. The van der Waals surface area contributed by atoms with Gasteiger partial charge in [0.2, 0.25) is 11.8 Å². The first-order chi connectivity index (χ1) is 47.9. The molecule has 3 rings (SSSR count). The quantitative estimate of drug-likeness (QED) is 0.0199. The summed E-state index contributed by atoms with van der Waals surface area (Å²) in [5, 5.41) is 136. The number of aliphatic hydroxyl groups excluding tert-OH is 11. The number of nitrogens with one attached hydrogen (secondary N) is 2. The molecule has 578 valence electrons. The number of unbranched alkanes of at least 4 members (excludes halogenated alkanes) is 36. The number of ether oxygens (including phenoxy) is 6. The second-order valence-corrected chi connectivity index (χ2v) is 28.2. The topological polar surface area (TPSA) is 373 Å². The first kappa shape index (κ1) is 90.2. The molecule has 3 aliphatic heterocycles. The maximum atomic E-state index is 13.5. The van der Waals surface area contributed by atoms with E-state index in [0.29, 0.717) is 12.8 Å². The maximum absolute atomic E-state index is 13.5. The number of aliphatic hydroxyl groups is 11. The molecule has 14 N–H and O–H groups in total. The van der Waals surface area contributed by atoms with Crippen molar-refractivity contribution in [3.8, 4) is 0 Å². The average Bonchev–Trinajstić information content (AvgIpc) is 0.757. The number of aliphatic carboxylic acids is 1. The van der Waals surface area contributed by atoms with Crippen LogP contribution < -0.4 is 10.6 Å². The Kier molecular flexibility index (Phi) is 50.5. The van der Waals surface area contributed by atoms with Gasteiger partial charge in [0.1, 0.15) is 67.1 Å². The Bertz CT molecular complexity index is 2130. The minimum Gasteiger partial charge on any atom is -0.477 e. The number of hydrogen-bond donors (Lipinski definition) is 14. The third-order valence-corrected chi connectivity index (χ3v) is 19.6. The van der Waals surface area contributed by atoms with Gasteiger partial charge in [0, 0.05) is 19.8 Å². The van der Waals surface area contributed by atoms with Crippen LogP contribution in [0.5, 0.6) is 0 Å². The zero-order valence-electron chi connectivity index (χ0n) is 60.8. The smallest absolute Gasteiger partial charge is 0.364 e. The molecular formula is C76H138N2O21. The fourth-order valence-electron chi connectivity index (χ4n) is 13.4. The SMILES string of the molecule is CCCCCCCCCCC/C=C\C/C=C\CCCCCCCCCCCCCC(=O)NC(COC1OC(CO)C(OC2OC(CO)C(O)C(OC3(C(=O)O)CC(O)C(NC(C)=O)C(C(O)C(O)CO)O3)C2O)C(O)C1O)C(O)/C=C/CCCCCCCCCCCCCCCCCC. The molecule has 3 heterocycles. The van der Waals surface area contributed by atoms with Crippen molar-refractivity contribution in [1.82, 2.24) is 10.6 Å². The van der Waals surface area contributed by atoms with Crippen molar-refractivity contribution < 1.29 is 104 Å². The number of hydrogen-bond acceptors (Lipinski definition) is 20. The van der Waals surface area contributed by atoms with Gasteiger partial charge in [-0.2, -0.15) is 0 Å². The zero-order chi connectivity index (χ0) is 72.5. The normalized spacial score (nSPS) is 27.3. The van der Waals surface area contributed by atoms with Crippen molar-refractivity contribution in [2.45, 2.75) is 400 Å². The highest BCUT2D eigenvalue weighted by molar-refractivity contribution is 5.77. The molecule has 3 aliphatic rings. The zero-order valence-corrected chi connectivity index (χ0v) is 60.8. The molecule has 0 aromatic carbocycles. The van der Waals surface area contributed by atoms with Gasteiger partial charge in [-0.05, 0) is 51.4 Å². The molecule has 99 heavy (non-hydrogen) atoms. The fourth-order valence-corrected chi connectivity index (χ4v) is 13.4. The largest absolute Gasteiger partial charge is 0.477 e. The van der Waals surface area contributed by atoms with E-state index in [0.717, 1.165) is 64.7 Å². The van der Waals surface area contributed by atoms with Crippen LogP contribution in [0.25, 0.3) is 0 Å². The summed E-state index contributed by atoms with van der Waals surface area (Å²) in [4.78, 5) is 38.6. The van der Waals surface area contributed by atoms with Crippen molar-refractivity contribution in [2.24, 2.45) is 0 Å². The highest BCUT2D eigenvalue weighted by atomic mass is 16.8. The molecule has 18 unspecified atom stereocenters. The fraction of sp³-hybridized carbons (Fsp3) is 0.882. The molecule has 23 nitrogen and oxygen atoms in total. The van der Waals surface area contributed by atoms with Crippen LogP contribution in [0.3, 0.4) is 0 Å². The first-order valence-corrected chi connectivity index (χ1v) is 38.9. The summed E-state index contributed by atoms with van der Waals surface area (Å²) in [6, 6.07) is -2.62. The summed E-state index contributed by atoms with van der Waals surface area (Å²) in [7, 11) is 0. The number of carboxylic acids is 1. The Morgan fingerprint density at radius 1 is 0.535 bits per heavy atom. The van der Waals surface area contributed by atoms with Crippen LogP contribution >= 0.6 is 0 Å². The second-order valence-electron chi connectivity index (χ2n) is 28.2. The van der Waals surface area contributed by atoms with Crippen LogP contribution in [0.4, 0.5) is 0 Å². The second kappa shape index (κ2) is 55.4. The third kappa shape index (κ3) is 36.5. The summed E-state index contributed by atoms with van der Waals surface area (Å²) in [6.45, 7) is 2.16. The lowest BCUT2D eigenvalue weighted by Gasteiger charge is -2.50. The molecule has 0 aromatic heterocycles. The molecule has 18 atom stereocenters. The van der Waals surface area contributed by atoms with Crippen LogP contribution in [0.15, 0.2) is 36.5 Å². The molecule has 0 aliphatic carbocycles. The molecule has 0 radical (unpaired) electrons. The highest BCUT2D eigenvalue weighted by Gasteiger charge is 2.60. The van der Waals surface area contributed by atoms with E-state index in [1.165, 1.54) is 186 Å². The third-order valence-electron chi connectivity index (χ3n) is 19.6. The lowest BCUT2D eigenvalue weighted by atomic mass is 9.88. The Hall–Kier alpha value is -3.05. The molecular weight excluding hydrogens is 1280 g/mol. The van der Waals surface area contributed by atoms with E-state index in [4.69, 9.17) is 28.4 Å². The van der Waals surface area contributed by atoms with Gasteiger partial charge in [-0.3, -0.25) is 9.59 Å². The summed E-state index contributed by atoms with van der Waals surface area (Å²) >= 11 is 0. The molecule has 0 aromatic rings. The predicted octanol–water partition coefficient (Wildman–Crippen LogP) is 9.35. The van der Waals surface area contributed by atoms with Gasteiger partial charge in [-0.1, -0.05) is 256 Å². The molecule has 3 saturated heterocycles. The van der Waals surface area contributed by atoms with Crippen molar-refractivity contribution in [1.29, 1.82) is 0 Å². The monoisotopic (exact) mass is 1410 g/mol. The minimum absolute atomic E-state index is 0.198. The standard InChI is InChI=1S/C76H138N2O21/c1-4-6-8-10-12-14-16-18-20-22-24-25-26-27-28-29-30-31-32-34-36-38-40-42-44-46-48-50-63(86)78-57(58(83)49-47-45-43-41-39-37-35-33-23-21-19-17-15-13-11-9-7-5-2)55-94-73-68(90)67(89)70(62(54-81)96-73)97-74-69(91)72(66(88)61(53-80)95-74)99-76(75(92)93)51-59(84)64(77-56(3)82)71(98-76)65(87)60(85)52-79/h24-25,27-28,47,49,57-62,64-74,79-81,83-85,87-91H,4-23,26,29-46,48,50-55H2,1-3H3,(H,77,82)(H,78,86)(H,92,93)/b25-24-,28-27-,49-47+. The maximum Gasteiger partial charge on any atom is 0.364 e. The summed E-state index contributed by atoms with van der Waals surface area (Å²) in [5.41, 5.74) is 0. The van der Waals surface area contributed by atoms with Crippen molar-refractivity contribution in [2.75, 3.05) is 26.4 Å². The van der Waals surface area contributed by atoms with Crippen molar-refractivity contribution >= 4 is 17.8 Å². The van der Waals surface area contributed by atoms with Crippen molar-refractivity contribution in [3.05, 3.63) is 36.5 Å². The van der Waals surface area contributed by atoms with E-state index in [-0.39, 0.29) is 12.3 Å². The Morgan fingerprint density at radius 3 is 1.42 bits per heavy atom. The van der Waals surface area contributed by atoms with Gasteiger partial charge in [0.05, 0.1) is 50.7 Å². The summed E-state index contributed by atoms with van der Waals surface area (Å²) in [6.07, 6.45) is 31.8. The Morgan fingerprint density at radius 2 is 0.980 bits per heavy atom. The number of carboxylic acid groups (broad SMARTS) is 1. The Balaban J connectivity index is 1.53. The molecule has 3 fully saturated rings. The van der Waals surface area contributed by atoms with Crippen LogP contribution in [-0.2, 0) is 42.8 Å². The van der Waals surface area contributed by atoms with E-state index >= 15 is 0 Å². The number of carbonyl (C=O) groups is 3. The molecule has 23 heteroatoms. The van der Waals surface area contributed by atoms with E-state index < -0.39 is 155 Å². The Labute approximate surface area is 593 Å². The van der Waals surface area contributed by atoms with Gasteiger partial charge in [0.15, 0.2) is 12.6 Å². The summed E-state index contributed by atoms with van der Waals surface area (Å²) < 4.78 is 34.9. The van der Waals surface area contributed by atoms with E-state index in [1.54, 1.807) is 6.08 Å². The molecule has 0 spiro atoms. The van der Waals surface area contributed by atoms with Gasteiger partial charge in [-0.15, -0.1) is 0 Å². The van der Waals surface area contributed by atoms with Crippen LogP contribution in [0, 0.1) is 0 Å². The molecule has 0 bridgehead atoms. The number of amides is 2. The predicted molar refractivity (Wildman–Crippen MR) is 380 cm³/mol. The number of rotatable bonds is 60. The lowest BCUT2D eigenvalue weighted by molar-refractivity contribution is -0.386. The van der Waals surface area contributed by atoms with Gasteiger partial charge in [-0.25, -0.2) is 4.79 Å². The average molecular weight is 1420 g/mol. The number of carbonyl (C=O) groups excluding carboxylic acids is 2.